The lowest BCUT2D eigenvalue weighted by Crippen LogP contribution is -2.13. The first-order valence-corrected chi connectivity index (χ1v) is 8.53. The van der Waals surface area contributed by atoms with Crippen LogP contribution in [0, 0.1) is 27.3 Å². The van der Waals surface area contributed by atoms with Crippen molar-refractivity contribution in [3.63, 3.8) is 0 Å². The number of nitrogens with one attached hydrogen (secondary N) is 3. The highest BCUT2D eigenvalue weighted by molar-refractivity contribution is 5.69. The second-order valence-electron chi connectivity index (χ2n) is 6.05. The molecule has 0 fully saturated rings. The van der Waals surface area contributed by atoms with Gasteiger partial charge >= 0.3 is 0 Å². The van der Waals surface area contributed by atoms with Gasteiger partial charge in [0.1, 0.15) is 24.0 Å². The molecular weight excluding hydrogens is 342 g/mol. The highest BCUT2D eigenvalue weighted by atomic mass is 16.5. The molecule has 0 amide bonds. The minimum atomic E-state index is 0.431. The molecule has 0 aliphatic carbocycles. The average Bonchev–Trinajstić information content (AvgIpc) is 3.05. The zero-order chi connectivity index (χ0) is 19.2. The first-order valence-electron chi connectivity index (χ1n) is 8.53. The maximum atomic E-state index is 7.31. The lowest BCUT2D eigenvalue weighted by atomic mass is 10.3. The number of hydrogen-bond donors (Lipinski definition) is 3. The second-order valence-corrected chi connectivity index (χ2v) is 6.05. The molecular formula is C19H21N7O. The van der Waals surface area contributed by atoms with E-state index in [0.29, 0.717) is 36.3 Å². The Morgan fingerprint density at radius 3 is 2.67 bits per heavy atom. The van der Waals surface area contributed by atoms with Crippen LogP contribution >= 0.6 is 0 Å². The highest BCUT2D eigenvalue weighted by Gasteiger charge is 2.07. The van der Waals surface area contributed by atoms with Crippen molar-refractivity contribution in [1.29, 1.82) is 0 Å². The summed E-state index contributed by atoms with van der Waals surface area (Å²) in [5, 5.41) is 13.3. The van der Waals surface area contributed by atoms with Crippen molar-refractivity contribution in [2.75, 3.05) is 23.8 Å². The molecule has 0 radical (unpaired) electrons. The predicted molar refractivity (Wildman–Crippen MR) is 105 cm³/mol. The Morgan fingerprint density at radius 2 is 1.96 bits per heavy atom. The van der Waals surface area contributed by atoms with Gasteiger partial charge in [-0.1, -0.05) is 0 Å². The number of aromatic amines is 1. The number of aryl methyl sites for hydroxylation is 3. The van der Waals surface area contributed by atoms with Crippen molar-refractivity contribution in [2.24, 2.45) is 0 Å². The van der Waals surface area contributed by atoms with Gasteiger partial charge in [0.05, 0.1) is 12.3 Å². The molecule has 3 heterocycles. The van der Waals surface area contributed by atoms with Gasteiger partial charge in [-0.05, 0) is 45.0 Å². The summed E-state index contributed by atoms with van der Waals surface area (Å²) in [6.45, 7) is 14.0. The summed E-state index contributed by atoms with van der Waals surface area (Å²) in [6, 6.07) is 9.18. The number of hydrogen-bond acceptors (Lipinski definition) is 6. The minimum absolute atomic E-state index is 0.431. The molecule has 0 aromatic carbocycles. The zero-order valence-electron chi connectivity index (χ0n) is 15.5. The monoisotopic (exact) mass is 363 g/mol. The molecule has 3 N–H and O–H groups in total. The molecule has 3 aromatic heterocycles. The number of nitrogens with zero attached hydrogens (tertiary/aromatic N) is 4. The standard InChI is InChI=1S/C19H21N7O/c1-12-5-7-16(14(3)22-12)27-10-9-21-19-15(20-4)6-8-17(24-19)23-18-11-13(2)25-26-18/h5-8,11H,9-10H2,1-3H3,(H3,21,23,24,25,26). The third kappa shape index (κ3) is 4.73. The van der Waals surface area contributed by atoms with Crippen LogP contribution in [0.1, 0.15) is 17.1 Å². The molecule has 0 saturated carbocycles. The number of anilines is 3. The normalized spacial score (nSPS) is 10.3. The highest BCUT2D eigenvalue weighted by Crippen LogP contribution is 2.26. The number of H-pyrrole nitrogens is 1. The quantitative estimate of drug-likeness (QED) is 0.435. The number of rotatable bonds is 7. The Morgan fingerprint density at radius 1 is 1.11 bits per heavy atom. The van der Waals surface area contributed by atoms with Gasteiger partial charge in [-0.15, -0.1) is 0 Å². The van der Waals surface area contributed by atoms with E-state index in [0.717, 1.165) is 22.8 Å². The largest absolute Gasteiger partial charge is 0.490 e. The molecule has 3 rings (SSSR count). The third-order valence-electron chi connectivity index (χ3n) is 3.79. The molecule has 138 valence electrons. The molecule has 8 heteroatoms. The van der Waals surface area contributed by atoms with Crippen molar-refractivity contribution >= 4 is 23.1 Å². The van der Waals surface area contributed by atoms with E-state index in [1.54, 1.807) is 12.1 Å². The summed E-state index contributed by atoms with van der Waals surface area (Å²) >= 11 is 0. The Hall–Kier alpha value is -3.60. The summed E-state index contributed by atoms with van der Waals surface area (Å²) in [4.78, 5) is 12.3. The molecule has 3 aromatic rings. The topological polar surface area (TPSA) is 92.1 Å². The maximum Gasteiger partial charge on any atom is 0.228 e. The third-order valence-corrected chi connectivity index (χ3v) is 3.79. The lowest BCUT2D eigenvalue weighted by Gasteiger charge is -2.12. The minimum Gasteiger partial charge on any atom is -0.490 e. The molecule has 0 unspecified atom stereocenters. The van der Waals surface area contributed by atoms with E-state index in [1.807, 2.05) is 39.0 Å². The summed E-state index contributed by atoms with van der Waals surface area (Å²) in [7, 11) is 0. The van der Waals surface area contributed by atoms with E-state index in [-0.39, 0.29) is 0 Å². The molecule has 0 aliphatic heterocycles. The Bertz CT molecular complexity index is 974. The van der Waals surface area contributed by atoms with Gasteiger partial charge < -0.3 is 15.4 Å². The van der Waals surface area contributed by atoms with Crippen LogP contribution in [0.5, 0.6) is 5.75 Å². The fourth-order valence-electron chi connectivity index (χ4n) is 2.51. The van der Waals surface area contributed by atoms with Crippen LogP contribution in [0.15, 0.2) is 30.3 Å². The Kier molecular flexibility index (Phi) is 5.52. The van der Waals surface area contributed by atoms with Crippen molar-refractivity contribution in [1.82, 2.24) is 20.2 Å². The van der Waals surface area contributed by atoms with Crippen molar-refractivity contribution in [3.8, 4) is 5.75 Å². The molecule has 0 aliphatic rings. The first kappa shape index (κ1) is 18.2. The van der Waals surface area contributed by atoms with Gasteiger partial charge in [0.15, 0.2) is 5.82 Å². The van der Waals surface area contributed by atoms with Gasteiger partial charge in [0.25, 0.3) is 0 Å². The fraction of sp³-hybridized carbons (Fsp3) is 0.263. The molecule has 0 spiro atoms. The van der Waals surface area contributed by atoms with Gasteiger partial charge in [0, 0.05) is 24.0 Å². The smallest absolute Gasteiger partial charge is 0.228 e. The van der Waals surface area contributed by atoms with Crippen LogP contribution in [0.2, 0.25) is 0 Å². The van der Waals surface area contributed by atoms with Gasteiger partial charge in [0.2, 0.25) is 5.69 Å². The SMILES string of the molecule is [C-]#[N+]c1ccc(Nc2cc(C)[nH]n2)nc1NCCOc1ccc(C)nc1C. The summed E-state index contributed by atoms with van der Waals surface area (Å²) < 4.78 is 5.76. The molecule has 0 saturated heterocycles. The fourth-order valence-corrected chi connectivity index (χ4v) is 2.51. The van der Waals surface area contributed by atoms with Crippen LogP contribution < -0.4 is 15.4 Å². The van der Waals surface area contributed by atoms with Crippen molar-refractivity contribution in [3.05, 3.63) is 58.8 Å². The zero-order valence-corrected chi connectivity index (χ0v) is 15.5. The van der Waals surface area contributed by atoms with Crippen molar-refractivity contribution in [2.45, 2.75) is 20.8 Å². The van der Waals surface area contributed by atoms with Gasteiger partial charge in [-0.3, -0.25) is 10.1 Å². The maximum absolute atomic E-state index is 7.31. The molecule has 0 atom stereocenters. The van der Waals surface area contributed by atoms with Gasteiger partial charge in [-0.2, -0.15) is 5.10 Å². The van der Waals surface area contributed by atoms with E-state index >= 15 is 0 Å². The number of pyridine rings is 2. The predicted octanol–water partition coefficient (Wildman–Crippen LogP) is 3.91. The van der Waals surface area contributed by atoms with Crippen LogP contribution in [-0.2, 0) is 0 Å². The Labute approximate surface area is 157 Å². The van der Waals surface area contributed by atoms with E-state index < -0.39 is 0 Å². The van der Waals surface area contributed by atoms with E-state index in [9.17, 15) is 0 Å². The van der Waals surface area contributed by atoms with Crippen LogP contribution in [0.25, 0.3) is 4.85 Å². The van der Waals surface area contributed by atoms with E-state index in [4.69, 9.17) is 11.3 Å². The second kappa shape index (κ2) is 8.19. The van der Waals surface area contributed by atoms with Crippen LogP contribution in [0.3, 0.4) is 0 Å². The van der Waals surface area contributed by atoms with Gasteiger partial charge in [-0.25, -0.2) is 9.83 Å². The van der Waals surface area contributed by atoms with Crippen molar-refractivity contribution < 1.29 is 4.74 Å². The van der Waals surface area contributed by atoms with Crippen LogP contribution in [0.4, 0.5) is 23.1 Å². The Balaban J connectivity index is 1.61. The lowest BCUT2D eigenvalue weighted by molar-refractivity contribution is 0.328. The molecule has 8 nitrogen and oxygen atoms in total. The number of aromatic nitrogens is 4. The summed E-state index contributed by atoms with van der Waals surface area (Å²) in [5.74, 6) is 2.54. The molecule has 27 heavy (non-hydrogen) atoms. The summed E-state index contributed by atoms with van der Waals surface area (Å²) in [6.07, 6.45) is 0. The first-order chi connectivity index (χ1) is 13.0. The summed E-state index contributed by atoms with van der Waals surface area (Å²) in [5.41, 5.74) is 3.22. The van der Waals surface area contributed by atoms with E-state index in [1.165, 1.54) is 0 Å². The molecule has 0 bridgehead atoms. The van der Waals surface area contributed by atoms with Crippen LogP contribution in [-0.4, -0.2) is 33.3 Å². The number of ether oxygens (including phenoxy) is 1. The average molecular weight is 363 g/mol. The van der Waals surface area contributed by atoms with E-state index in [2.05, 4.69) is 35.6 Å².